The minimum absolute atomic E-state index is 0.0226. The van der Waals surface area contributed by atoms with Gasteiger partial charge in [0.25, 0.3) is 0 Å². The van der Waals surface area contributed by atoms with Crippen molar-refractivity contribution in [2.24, 2.45) is 10.9 Å². The molecular formula is C17H14ClF3N2O2. The van der Waals surface area contributed by atoms with Crippen LogP contribution in [-0.4, -0.2) is 28.9 Å². The lowest BCUT2D eigenvalue weighted by molar-refractivity contribution is -0.268. The summed E-state index contributed by atoms with van der Waals surface area (Å²) >= 11 is 5.97. The van der Waals surface area contributed by atoms with Crippen LogP contribution in [0.1, 0.15) is 18.4 Å². The van der Waals surface area contributed by atoms with Gasteiger partial charge in [-0.25, -0.2) is 10.1 Å². The van der Waals surface area contributed by atoms with E-state index in [0.29, 0.717) is 5.06 Å². The quantitative estimate of drug-likeness (QED) is 0.837. The lowest BCUT2D eigenvalue weighted by Gasteiger charge is -2.42. The van der Waals surface area contributed by atoms with Gasteiger partial charge in [0.2, 0.25) is 5.60 Å². The van der Waals surface area contributed by atoms with E-state index in [1.807, 2.05) is 0 Å². The fraction of sp³-hybridized carbons (Fsp3) is 0.353. The molecule has 0 spiro atoms. The SMILES string of the molecule is ON1C=CC=C2C1=Nc1ccc(Cl)cc1[C@@]2(OCC1CC1)C(F)(F)F. The van der Waals surface area contributed by atoms with Gasteiger partial charge in [-0.15, -0.1) is 0 Å². The second kappa shape index (κ2) is 5.59. The molecule has 1 aromatic carbocycles. The monoisotopic (exact) mass is 370 g/mol. The minimum Gasteiger partial charge on any atom is -0.356 e. The number of nitrogens with zero attached hydrogens (tertiary/aromatic N) is 2. The van der Waals surface area contributed by atoms with Crippen LogP contribution >= 0.6 is 11.6 Å². The van der Waals surface area contributed by atoms with E-state index < -0.39 is 11.8 Å². The van der Waals surface area contributed by atoms with Crippen molar-refractivity contribution < 1.29 is 23.1 Å². The summed E-state index contributed by atoms with van der Waals surface area (Å²) in [5.74, 6) is -0.0837. The fourth-order valence-corrected chi connectivity index (χ4v) is 3.26. The zero-order chi connectivity index (χ0) is 17.8. The highest BCUT2D eigenvalue weighted by molar-refractivity contribution is 6.30. The number of halogens is 4. The molecule has 1 aromatic rings. The van der Waals surface area contributed by atoms with Gasteiger partial charge in [-0.1, -0.05) is 17.7 Å². The number of hydrogen-bond donors (Lipinski definition) is 1. The van der Waals surface area contributed by atoms with Crippen molar-refractivity contribution in [2.45, 2.75) is 24.6 Å². The molecule has 0 amide bonds. The second-order valence-corrected chi connectivity index (χ2v) is 6.73. The Kier molecular flexibility index (Phi) is 3.72. The molecule has 1 N–H and O–H groups in total. The Labute approximate surface area is 146 Å². The Bertz CT molecular complexity index is 815. The van der Waals surface area contributed by atoms with Gasteiger partial charge in [0.15, 0.2) is 5.84 Å². The predicted molar refractivity (Wildman–Crippen MR) is 85.8 cm³/mol. The Balaban J connectivity index is 1.97. The van der Waals surface area contributed by atoms with E-state index in [4.69, 9.17) is 16.3 Å². The number of ether oxygens (including phenoxy) is 1. The molecule has 0 unspecified atom stereocenters. The van der Waals surface area contributed by atoms with E-state index in [-0.39, 0.29) is 40.2 Å². The number of fused-ring (bicyclic) bond motifs is 2. The molecular weight excluding hydrogens is 357 g/mol. The summed E-state index contributed by atoms with van der Waals surface area (Å²) in [5, 5.41) is 10.7. The highest BCUT2D eigenvalue weighted by Crippen LogP contribution is 2.55. The van der Waals surface area contributed by atoms with Crippen LogP contribution in [0.5, 0.6) is 0 Å². The number of benzene rings is 1. The summed E-state index contributed by atoms with van der Waals surface area (Å²) in [7, 11) is 0. The molecule has 132 valence electrons. The highest BCUT2D eigenvalue weighted by Gasteiger charge is 2.64. The van der Waals surface area contributed by atoms with Gasteiger partial charge in [-0.05, 0) is 43.0 Å². The number of allylic oxidation sites excluding steroid dienone is 2. The highest BCUT2D eigenvalue weighted by atomic mass is 35.5. The van der Waals surface area contributed by atoms with Crippen molar-refractivity contribution >= 4 is 23.1 Å². The van der Waals surface area contributed by atoms with E-state index in [1.165, 1.54) is 36.6 Å². The van der Waals surface area contributed by atoms with E-state index >= 15 is 0 Å². The molecule has 1 saturated carbocycles. The van der Waals surface area contributed by atoms with Gasteiger partial charge in [0.1, 0.15) is 0 Å². The molecule has 1 fully saturated rings. The number of alkyl halides is 3. The Morgan fingerprint density at radius 2 is 2.12 bits per heavy atom. The molecule has 1 aliphatic carbocycles. The molecule has 0 saturated heterocycles. The van der Waals surface area contributed by atoms with Crippen molar-refractivity contribution in [3.8, 4) is 0 Å². The molecule has 1 atom stereocenters. The van der Waals surface area contributed by atoms with Crippen molar-refractivity contribution in [1.29, 1.82) is 0 Å². The molecule has 4 nitrogen and oxygen atoms in total. The van der Waals surface area contributed by atoms with Gasteiger partial charge in [0, 0.05) is 22.4 Å². The average Bonchev–Trinajstić information content (AvgIpc) is 3.36. The summed E-state index contributed by atoms with van der Waals surface area (Å²) in [5.41, 5.74) is -3.06. The molecule has 2 aliphatic heterocycles. The molecule has 2 heterocycles. The van der Waals surface area contributed by atoms with Crippen LogP contribution in [0.2, 0.25) is 5.02 Å². The molecule has 0 bridgehead atoms. The third-order valence-electron chi connectivity index (χ3n) is 4.52. The minimum atomic E-state index is -4.76. The average molecular weight is 371 g/mol. The number of aliphatic imine (C=N–C) groups is 1. The topological polar surface area (TPSA) is 45.1 Å². The van der Waals surface area contributed by atoms with Crippen LogP contribution in [0, 0.1) is 5.92 Å². The first kappa shape index (κ1) is 16.6. The van der Waals surface area contributed by atoms with E-state index in [1.54, 1.807) is 0 Å². The molecule has 4 rings (SSSR count). The number of hydrogen-bond acceptors (Lipinski definition) is 4. The summed E-state index contributed by atoms with van der Waals surface area (Å²) < 4.78 is 48.7. The van der Waals surface area contributed by atoms with Crippen LogP contribution in [-0.2, 0) is 10.3 Å². The lowest BCUT2D eigenvalue weighted by atomic mass is 9.80. The van der Waals surface area contributed by atoms with Crippen LogP contribution in [0.25, 0.3) is 0 Å². The van der Waals surface area contributed by atoms with Crippen molar-refractivity contribution in [1.82, 2.24) is 5.06 Å². The van der Waals surface area contributed by atoms with Crippen molar-refractivity contribution in [3.63, 3.8) is 0 Å². The van der Waals surface area contributed by atoms with Crippen LogP contribution in [0.3, 0.4) is 0 Å². The van der Waals surface area contributed by atoms with Gasteiger partial charge in [-0.3, -0.25) is 5.21 Å². The van der Waals surface area contributed by atoms with Crippen molar-refractivity contribution in [3.05, 3.63) is 52.7 Å². The normalized spacial score (nSPS) is 25.2. The summed E-state index contributed by atoms with van der Waals surface area (Å²) in [6, 6.07) is 4.09. The molecule has 3 aliphatic rings. The van der Waals surface area contributed by atoms with Gasteiger partial charge in [0.05, 0.1) is 12.3 Å². The first-order chi connectivity index (χ1) is 11.8. The number of rotatable bonds is 3. The Morgan fingerprint density at radius 1 is 1.36 bits per heavy atom. The third kappa shape index (κ3) is 2.58. The standard InChI is InChI=1S/C17H14ClF3N2O2/c18-11-5-6-14-13(8-11)16(17(19,20)21,25-9-10-3-4-10)12-2-1-7-23(24)15(12)22-14/h1-2,5-8,10,24H,3-4,9H2/t16-/m1/s1. The van der Waals surface area contributed by atoms with Crippen molar-refractivity contribution in [2.75, 3.05) is 6.61 Å². The lowest BCUT2D eigenvalue weighted by Crippen LogP contribution is -2.52. The summed E-state index contributed by atoms with van der Waals surface area (Å²) in [4.78, 5) is 4.18. The maximum absolute atomic E-state index is 14.4. The first-order valence-corrected chi connectivity index (χ1v) is 8.17. The fourth-order valence-electron chi connectivity index (χ4n) is 3.09. The smallest absolute Gasteiger partial charge is 0.356 e. The maximum atomic E-state index is 14.4. The predicted octanol–water partition coefficient (Wildman–Crippen LogP) is 4.71. The van der Waals surface area contributed by atoms with E-state index in [9.17, 15) is 18.4 Å². The zero-order valence-corrected chi connectivity index (χ0v) is 13.7. The number of amidine groups is 1. The van der Waals surface area contributed by atoms with Crippen LogP contribution in [0.15, 0.2) is 47.1 Å². The van der Waals surface area contributed by atoms with E-state index in [2.05, 4.69) is 4.99 Å². The van der Waals surface area contributed by atoms with Gasteiger partial charge in [-0.2, -0.15) is 13.2 Å². The third-order valence-corrected chi connectivity index (χ3v) is 4.76. The van der Waals surface area contributed by atoms with Gasteiger partial charge < -0.3 is 4.74 Å². The molecule has 8 heteroatoms. The second-order valence-electron chi connectivity index (χ2n) is 6.30. The maximum Gasteiger partial charge on any atom is 0.426 e. The first-order valence-electron chi connectivity index (χ1n) is 7.80. The zero-order valence-electron chi connectivity index (χ0n) is 12.9. The van der Waals surface area contributed by atoms with Crippen LogP contribution < -0.4 is 0 Å². The number of hydroxylamine groups is 2. The largest absolute Gasteiger partial charge is 0.426 e. The molecule has 0 aromatic heterocycles. The molecule has 25 heavy (non-hydrogen) atoms. The summed E-state index contributed by atoms with van der Waals surface area (Å²) in [6.45, 7) is -0.0226. The van der Waals surface area contributed by atoms with Gasteiger partial charge >= 0.3 is 6.18 Å². The Hall–Kier alpha value is -1.83. The molecule has 0 radical (unpaired) electrons. The van der Waals surface area contributed by atoms with Crippen LogP contribution in [0.4, 0.5) is 18.9 Å². The van der Waals surface area contributed by atoms with E-state index in [0.717, 1.165) is 12.8 Å². The Morgan fingerprint density at radius 3 is 2.80 bits per heavy atom. The summed E-state index contributed by atoms with van der Waals surface area (Å²) in [6.07, 6.45) is 0.761.